The lowest BCUT2D eigenvalue weighted by molar-refractivity contribution is 0.542. The number of hydrogen-bond donors (Lipinski definition) is 1. The fourth-order valence-electron chi connectivity index (χ4n) is 1.78. The monoisotopic (exact) mass is 260 g/mol. The molecule has 5 heteroatoms. The Labute approximate surface area is 113 Å². The minimum absolute atomic E-state index is 0.644. The van der Waals surface area contributed by atoms with Crippen molar-refractivity contribution in [2.75, 3.05) is 18.5 Å². The van der Waals surface area contributed by atoms with Crippen LogP contribution in [0.1, 0.15) is 24.6 Å². The van der Waals surface area contributed by atoms with Crippen LogP contribution in [-0.4, -0.2) is 23.6 Å². The van der Waals surface area contributed by atoms with E-state index in [0.29, 0.717) is 6.01 Å². The molecule has 0 bridgehead atoms. The molecule has 0 fully saturated rings. The van der Waals surface area contributed by atoms with Gasteiger partial charge in [-0.1, -0.05) is 6.92 Å². The maximum atomic E-state index is 5.49. The molecule has 0 amide bonds. The third kappa shape index (κ3) is 4.06. The minimum Gasteiger partial charge on any atom is -0.432 e. The van der Waals surface area contributed by atoms with Crippen LogP contribution < -0.4 is 10.2 Å². The average molecular weight is 260 g/mol. The molecule has 0 aromatic carbocycles. The highest BCUT2D eigenvalue weighted by molar-refractivity contribution is 5.28. The molecular weight excluding hydrogens is 240 g/mol. The highest BCUT2D eigenvalue weighted by atomic mass is 16.4. The lowest BCUT2D eigenvalue weighted by Gasteiger charge is -2.13. The molecule has 1 N–H and O–H groups in total. The zero-order valence-corrected chi connectivity index (χ0v) is 11.5. The molecule has 2 aromatic rings. The molecule has 0 aliphatic rings. The Balaban J connectivity index is 1.90. The van der Waals surface area contributed by atoms with Crippen LogP contribution in [0.4, 0.5) is 6.01 Å². The van der Waals surface area contributed by atoms with E-state index < -0.39 is 0 Å². The molecule has 2 rings (SSSR count). The first-order valence-electron chi connectivity index (χ1n) is 6.54. The van der Waals surface area contributed by atoms with Crippen molar-refractivity contribution in [1.82, 2.24) is 15.3 Å². The van der Waals surface area contributed by atoms with Crippen molar-refractivity contribution in [3.63, 3.8) is 0 Å². The van der Waals surface area contributed by atoms with Crippen LogP contribution in [0, 0.1) is 0 Å². The van der Waals surface area contributed by atoms with Gasteiger partial charge in [-0.2, -0.15) is 4.98 Å². The fraction of sp³-hybridized carbons (Fsp3) is 0.429. The summed E-state index contributed by atoms with van der Waals surface area (Å²) in [6.07, 6.45) is 6.41. The molecule has 19 heavy (non-hydrogen) atoms. The summed E-state index contributed by atoms with van der Waals surface area (Å²) in [4.78, 5) is 10.4. The normalized spacial score (nSPS) is 10.6. The standard InChI is InChI=1S/C14H20N4O/c1-3-6-16-9-13-11-19-14(17-13)18(2)10-12-4-7-15-8-5-12/h4-5,7-8,11,16H,3,6,9-10H2,1-2H3. The van der Waals surface area contributed by atoms with E-state index in [1.165, 1.54) is 5.56 Å². The maximum absolute atomic E-state index is 5.49. The molecular formula is C14H20N4O. The molecule has 0 saturated heterocycles. The topological polar surface area (TPSA) is 54.2 Å². The van der Waals surface area contributed by atoms with Gasteiger partial charge >= 0.3 is 0 Å². The largest absolute Gasteiger partial charge is 0.432 e. The molecule has 0 atom stereocenters. The molecule has 2 aromatic heterocycles. The van der Waals surface area contributed by atoms with Crippen LogP contribution in [0.15, 0.2) is 35.2 Å². The minimum atomic E-state index is 0.644. The lowest BCUT2D eigenvalue weighted by atomic mass is 10.2. The van der Waals surface area contributed by atoms with Gasteiger partial charge < -0.3 is 14.6 Å². The molecule has 102 valence electrons. The summed E-state index contributed by atoms with van der Waals surface area (Å²) in [6, 6.07) is 4.62. The van der Waals surface area contributed by atoms with Crippen LogP contribution in [-0.2, 0) is 13.1 Å². The van der Waals surface area contributed by atoms with Gasteiger partial charge in [0.15, 0.2) is 0 Å². The third-order valence-electron chi connectivity index (χ3n) is 2.77. The van der Waals surface area contributed by atoms with Crippen LogP contribution in [0.3, 0.4) is 0 Å². The molecule has 0 aliphatic heterocycles. The second-order valence-corrected chi connectivity index (χ2v) is 4.51. The first-order valence-corrected chi connectivity index (χ1v) is 6.54. The Morgan fingerprint density at radius 2 is 2.11 bits per heavy atom. The number of hydrogen-bond acceptors (Lipinski definition) is 5. The van der Waals surface area contributed by atoms with Crippen LogP contribution in [0.5, 0.6) is 0 Å². The van der Waals surface area contributed by atoms with Gasteiger partial charge in [0.1, 0.15) is 6.26 Å². The zero-order valence-electron chi connectivity index (χ0n) is 11.5. The number of anilines is 1. The van der Waals surface area contributed by atoms with Gasteiger partial charge in [-0.25, -0.2) is 0 Å². The van der Waals surface area contributed by atoms with E-state index in [2.05, 4.69) is 22.2 Å². The van der Waals surface area contributed by atoms with E-state index in [1.807, 2.05) is 24.1 Å². The molecule has 0 spiro atoms. The number of rotatable bonds is 7. The maximum Gasteiger partial charge on any atom is 0.297 e. The summed E-state index contributed by atoms with van der Waals surface area (Å²) in [5, 5.41) is 3.30. The second kappa shape index (κ2) is 6.89. The van der Waals surface area contributed by atoms with Crippen molar-refractivity contribution in [2.24, 2.45) is 0 Å². The van der Waals surface area contributed by atoms with Crippen molar-refractivity contribution in [3.05, 3.63) is 42.0 Å². The average Bonchev–Trinajstić information content (AvgIpc) is 2.89. The van der Waals surface area contributed by atoms with E-state index in [-0.39, 0.29) is 0 Å². The highest BCUT2D eigenvalue weighted by Crippen LogP contribution is 2.14. The van der Waals surface area contributed by atoms with Gasteiger partial charge in [0.2, 0.25) is 0 Å². The summed E-state index contributed by atoms with van der Waals surface area (Å²) < 4.78 is 5.49. The van der Waals surface area contributed by atoms with Gasteiger partial charge in [0.25, 0.3) is 6.01 Å². The number of pyridine rings is 1. The second-order valence-electron chi connectivity index (χ2n) is 4.51. The molecule has 0 radical (unpaired) electrons. The Morgan fingerprint density at radius 3 is 2.84 bits per heavy atom. The van der Waals surface area contributed by atoms with Crippen molar-refractivity contribution in [1.29, 1.82) is 0 Å². The van der Waals surface area contributed by atoms with Crippen LogP contribution in [0.25, 0.3) is 0 Å². The summed E-state index contributed by atoms with van der Waals surface area (Å²) in [5.41, 5.74) is 2.12. The smallest absolute Gasteiger partial charge is 0.297 e. The van der Waals surface area contributed by atoms with Crippen molar-refractivity contribution < 1.29 is 4.42 Å². The quantitative estimate of drug-likeness (QED) is 0.773. The Bertz CT molecular complexity index is 483. The first kappa shape index (κ1) is 13.5. The van der Waals surface area contributed by atoms with E-state index in [1.54, 1.807) is 18.7 Å². The van der Waals surface area contributed by atoms with Gasteiger partial charge in [0, 0.05) is 32.5 Å². The number of nitrogens with one attached hydrogen (secondary N) is 1. The van der Waals surface area contributed by atoms with E-state index >= 15 is 0 Å². The van der Waals surface area contributed by atoms with Gasteiger partial charge in [-0.05, 0) is 30.7 Å². The summed E-state index contributed by atoms with van der Waals surface area (Å²) >= 11 is 0. The van der Waals surface area contributed by atoms with Crippen LogP contribution >= 0.6 is 0 Å². The van der Waals surface area contributed by atoms with E-state index in [4.69, 9.17) is 4.42 Å². The first-order chi connectivity index (χ1) is 9.29. The number of nitrogens with zero attached hydrogens (tertiary/aromatic N) is 3. The van der Waals surface area contributed by atoms with Crippen molar-refractivity contribution in [2.45, 2.75) is 26.4 Å². The molecule has 5 nitrogen and oxygen atoms in total. The summed E-state index contributed by atoms with van der Waals surface area (Å²) in [7, 11) is 1.97. The molecule has 0 aliphatic carbocycles. The van der Waals surface area contributed by atoms with Gasteiger partial charge in [-0.15, -0.1) is 0 Å². The summed E-state index contributed by atoms with van der Waals surface area (Å²) in [5.74, 6) is 0. The fourth-order valence-corrected chi connectivity index (χ4v) is 1.78. The predicted molar refractivity (Wildman–Crippen MR) is 74.8 cm³/mol. The van der Waals surface area contributed by atoms with Crippen molar-refractivity contribution in [3.8, 4) is 0 Å². The Morgan fingerprint density at radius 1 is 1.32 bits per heavy atom. The van der Waals surface area contributed by atoms with Crippen molar-refractivity contribution >= 4 is 6.01 Å². The molecule has 2 heterocycles. The van der Waals surface area contributed by atoms with E-state index in [9.17, 15) is 0 Å². The Kier molecular flexibility index (Phi) is 4.92. The Hall–Kier alpha value is -1.88. The van der Waals surface area contributed by atoms with E-state index in [0.717, 1.165) is 31.7 Å². The van der Waals surface area contributed by atoms with Gasteiger partial charge in [-0.3, -0.25) is 4.98 Å². The molecule has 0 saturated carbocycles. The summed E-state index contributed by atoms with van der Waals surface area (Å²) in [6.45, 7) is 4.64. The SMILES string of the molecule is CCCNCc1coc(N(C)Cc2ccncc2)n1. The number of oxazole rings is 1. The highest BCUT2D eigenvalue weighted by Gasteiger charge is 2.09. The third-order valence-corrected chi connectivity index (χ3v) is 2.77. The van der Waals surface area contributed by atoms with Gasteiger partial charge in [0.05, 0.1) is 5.69 Å². The van der Waals surface area contributed by atoms with Crippen LogP contribution in [0.2, 0.25) is 0 Å². The molecule has 0 unspecified atom stereocenters. The number of aromatic nitrogens is 2. The lowest BCUT2D eigenvalue weighted by Crippen LogP contribution is -2.17. The zero-order chi connectivity index (χ0) is 13.5. The predicted octanol–water partition coefficient (Wildman–Crippen LogP) is 2.21.